The fraction of sp³-hybridized carbons (Fsp3) is 0.500. The maximum atomic E-state index is 12.3. The summed E-state index contributed by atoms with van der Waals surface area (Å²) >= 11 is 6.05. The summed E-state index contributed by atoms with van der Waals surface area (Å²) in [6, 6.07) is 0. The highest BCUT2D eigenvalue weighted by Gasteiger charge is 2.18. The first-order valence-electron chi connectivity index (χ1n) is 6.69. The van der Waals surface area contributed by atoms with Crippen molar-refractivity contribution in [2.24, 2.45) is 7.05 Å². The van der Waals surface area contributed by atoms with Crippen molar-refractivity contribution in [3.63, 3.8) is 0 Å². The quantitative estimate of drug-likeness (QED) is 0.797. The van der Waals surface area contributed by atoms with Crippen LogP contribution in [0.5, 0.6) is 0 Å². The van der Waals surface area contributed by atoms with E-state index >= 15 is 0 Å². The second kappa shape index (κ2) is 5.79. The third-order valence-electron chi connectivity index (χ3n) is 3.62. The average molecular weight is 295 g/mol. The van der Waals surface area contributed by atoms with Gasteiger partial charge < -0.3 is 0 Å². The Bertz CT molecular complexity index is 642. The number of nitrogens with zero attached hydrogens (tertiary/aromatic N) is 4. The molecule has 2 heterocycles. The molecular formula is C14H19ClN4O. The molecule has 2 aromatic heterocycles. The summed E-state index contributed by atoms with van der Waals surface area (Å²) in [6.07, 6.45) is 2.62. The van der Waals surface area contributed by atoms with Gasteiger partial charge in [0.25, 0.3) is 0 Å². The standard InChI is InChI=1S/C14H19ClN4O/c1-5-19-14(12(15)8-16-19)13(20)7-6-11-9(2)17-18(4)10(11)3/h8H,5-7H2,1-4H3. The van der Waals surface area contributed by atoms with Crippen LogP contribution in [-0.4, -0.2) is 25.3 Å². The maximum absolute atomic E-state index is 12.3. The first kappa shape index (κ1) is 14.8. The van der Waals surface area contributed by atoms with Crippen LogP contribution in [0.1, 0.15) is 40.8 Å². The van der Waals surface area contributed by atoms with Gasteiger partial charge in [0.2, 0.25) is 0 Å². The highest BCUT2D eigenvalue weighted by atomic mass is 35.5. The van der Waals surface area contributed by atoms with Gasteiger partial charge in [-0.05, 0) is 32.8 Å². The van der Waals surface area contributed by atoms with E-state index in [1.165, 1.54) is 6.20 Å². The maximum Gasteiger partial charge on any atom is 0.182 e. The SMILES string of the molecule is CCn1ncc(Cl)c1C(=O)CCc1c(C)nn(C)c1C. The number of Topliss-reactive ketones (excluding diaryl/α,β-unsaturated/α-hetero) is 1. The van der Waals surface area contributed by atoms with E-state index in [1.807, 2.05) is 32.5 Å². The first-order chi connectivity index (χ1) is 9.45. The molecule has 20 heavy (non-hydrogen) atoms. The summed E-state index contributed by atoms with van der Waals surface area (Å²) in [5.41, 5.74) is 3.73. The average Bonchev–Trinajstić information content (AvgIpc) is 2.89. The van der Waals surface area contributed by atoms with Crippen LogP contribution in [0.25, 0.3) is 0 Å². The number of ketones is 1. The zero-order chi connectivity index (χ0) is 14.9. The van der Waals surface area contributed by atoms with Gasteiger partial charge >= 0.3 is 0 Å². The highest BCUT2D eigenvalue weighted by Crippen LogP contribution is 2.20. The number of halogens is 1. The van der Waals surface area contributed by atoms with Gasteiger partial charge in [0.1, 0.15) is 5.69 Å². The van der Waals surface area contributed by atoms with E-state index in [2.05, 4.69) is 10.2 Å². The van der Waals surface area contributed by atoms with Gasteiger partial charge in [0.05, 0.1) is 16.9 Å². The van der Waals surface area contributed by atoms with Crippen molar-refractivity contribution in [3.8, 4) is 0 Å². The fourth-order valence-electron chi connectivity index (χ4n) is 2.42. The predicted octanol–water partition coefficient (Wildman–Crippen LogP) is 2.72. The monoisotopic (exact) mass is 294 g/mol. The smallest absolute Gasteiger partial charge is 0.182 e. The molecule has 0 aliphatic heterocycles. The molecule has 0 aromatic carbocycles. The fourth-order valence-corrected chi connectivity index (χ4v) is 2.66. The van der Waals surface area contributed by atoms with Gasteiger partial charge in [-0.3, -0.25) is 14.2 Å². The molecule has 6 heteroatoms. The van der Waals surface area contributed by atoms with Gasteiger partial charge in [-0.15, -0.1) is 0 Å². The van der Waals surface area contributed by atoms with Gasteiger partial charge in [0, 0.05) is 25.7 Å². The number of carbonyl (C=O) groups excluding carboxylic acids is 1. The molecule has 0 N–H and O–H groups in total. The summed E-state index contributed by atoms with van der Waals surface area (Å²) in [5.74, 6) is 0.0250. The lowest BCUT2D eigenvalue weighted by Gasteiger charge is -2.05. The molecule has 0 amide bonds. The molecule has 0 aliphatic rings. The molecule has 0 unspecified atom stereocenters. The Hall–Kier alpha value is -1.62. The van der Waals surface area contributed by atoms with Crippen molar-refractivity contribution in [1.29, 1.82) is 0 Å². The zero-order valence-corrected chi connectivity index (χ0v) is 13.0. The Labute approximate surface area is 123 Å². The number of aromatic nitrogens is 4. The predicted molar refractivity (Wildman–Crippen MR) is 78.2 cm³/mol. The summed E-state index contributed by atoms with van der Waals surface area (Å²) < 4.78 is 3.49. The van der Waals surface area contributed by atoms with Crippen molar-refractivity contribution in [3.05, 3.63) is 33.9 Å². The summed E-state index contributed by atoms with van der Waals surface area (Å²) in [7, 11) is 1.91. The molecule has 0 saturated carbocycles. The summed E-state index contributed by atoms with van der Waals surface area (Å²) in [4.78, 5) is 12.3. The third-order valence-corrected chi connectivity index (χ3v) is 3.90. The molecule has 0 radical (unpaired) electrons. The van der Waals surface area contributed by atoms with E-state index in [9.17, 15) is 4.79 Å². The van der Waals surface area contributed by atoms with Crippen molar-refractivity contribution < 1.29 is 4.79 Å². The second-order valence-electron chi connectivity index (χ2n) is 4.85. The molecule has 5 nitrogen and oxygen atoms in total. The molecular weight excluding hydrogens is 276 g/mol. The van der Waals surface area contributed by atoms with Crippen LogP contribution in [0, 0.1) is 13.8 Å². The molecule has 0 atom stereocenters. The topological polar surface area (TPSA) is 52.7 Å². The highest BCUT2D eigenvalue weighted by molar-refractivity contribution is 6.33. The number of rotatable bonds is 5. The second-order valence-corrected chi connectivity index (χ2v) is 5.26. The Kier molecular flexibility index (Phi) is 4.28. The van der Waals surface area contributed by atoms with E-state index < -0.39 is 0 Å². The minimum Gasteiger partial charge on any atom is -0.292 e. The van der Waals surface area contributed by atoms with Gasteiger partial charge in [-0.25, -0.2) is 0 Å². The van der Waals surface area contributed by atoms with Crippen LogP contribution in [0.2, 0.25) is 5.02 Å². The molecule has 0 fully saturated rings. The molecule has 2 aromatic rings. The molecule has 0 aliphatic carbocycles. The van der Waals surface area contributed by atoms with Crippen LogP contribution in [0.3, 0.4) is 0 Å². The minimum absolute atomic E-state index is 0.0250. The van der Waals surface area contributed by atoms with E-state index in [0.29, 0.717) is 30.1 Å². The molecule has 2 rings (SSSR count). The normalized spacial score (nSPS) is 11.1. The Morgan fingerprint density at radius 2 is 2.10 bits per heavy atom. The number of hydrogen-bond acceptors (Lipinski definition) is 3. The lowest BCUT2D eigenvalue weighted by molar-refractivity contribution is 0.0972. The van der Waals surface area contributed by atoms with Crippen molar-refractivity contribution >= 4 is 17.4 Å². The molecule has 0 bridgehead atoms. The summed E-state index contributed by atoms with van der Waals surface area (Å²) in [5, 5.41) is 8.89. The zero-order valence-electron chi connectivity index (χ0n) is 12.3. The van der Waals surface area contributed by atoms with Crippen molar-refractivity contribution in [2.45, 2.75) is 40.2 Å². The molecule has 0 spiro atoms. The largest absolute Gasteiger partial charge is 0.292 e. The van der Waals surface area contributed by atoms with Crippen molar-refractivity contribution in [2.75, 3.05) is 0 Å². The van der Waals surface area contributed by atoms with E-state index in [4.69, 9.17) is 11.6 Å². The number of carbonyl (C=O) groups is 1. The Balaban J connectivity index is 2.15. The van der Waals surface area contributed by atoms with Crippen LogP contribution in [0.4, 0.5) is 0 Å². The first-order valence-corrected chi connectivity index (χ1v) is 7.07. The Morgan fingerprint density at radius 3 is 2.65 bits per heavy atom. The number of aryl methyl sites for hydroxylation is 3. The summed E-state index contributed by atoms with van der Waals surface area (Å²) in [6.45, 7) is 6.56. The minimum atomic E-state index is 0.0250. The van der Waals surface area contributed by atoms with Crippen LogP contribution < -0.4 is 0 Å². The van der Waals surface area contributed by atoms with E-state index in [0.717, 1.165) is 17.0 Å². The van der Waals surface area contributed by atoms with Gasteiger partial charge in [-0.2, -0.15) is 10.2 Å². The Morgan fingerprint density at radius 1 is 1.40 bits per heavy atom. The van der Waals surface area contributed by atoms with Crippen LogP contribution in [-0.2, 0) is 20.0 Å². The lowest BCUT2D eigenvalue weighted by Crippen LogP contribution is -2.11. The van der Waals surface area contributed by atoms with Crippen LogP contribution in [0.15, 0.2) is 6.20 Å². The van der Waals surface area contributed by atoms with Crippen molar-refractivity contribution in [1.82, 2.24) is 19.6 Å². The van der Waals surface area contributed by atoms with Gasteiger partial charge in [0.15, 0.2) is 5.78 Å². The van der Waals surface area contributed by atoms with E-state index in [1.54, 1.807) is 4.68 Å². The van der Waals surface area contributed by atoms with Gasteiger partial charge in [-0.1, -0.05) is 11.6 Å². The van der Waals surface area contributed by atoms with Crippen LogP contribution >= 0.6 is 11.6 Å². The lowest BCUT2D eigenvalue weighted by atomic mass is 10.0. The van der Waals surface area contributed by atoms with E-state index in [-0.39, 0.29) is 5.78 Å². The third kappa shape index (κ3) is 2.63. The molecule has 108 valence electrons. The number of hydrogen-bond donors (Lipinski definition) is 0. The molecule has 0 saturated heterocycles.